The van der Waals surface area contributed by atoms with Gasteiger partial charge in [-0.2, -0.15) is 5.10 Å². The third kappa shape index (κ3) is 2.11. The van der Waals surface area contributed by atoms with Crippen molar-refractivity contribution in [2.24, 2.45) is 7.05 Å². The first-order chi connectivity index (χ1) is 10.7. The summed E-state index contributed by atoms with van der Waals surface area (Å²) in [5.74, 6) is 0. The van der Waals surface area contributed by atoms with Crippen LogP contribution in [0.5, 0.6) is 0 Å². The fourth-order valence-electron chi connectivity index (χ4n) is 3.45. The molecule has 3 aromatic rings. The number of hydrogen-bond acceptors (Lipinski definition) is 4. The molecule has 0 saturated carbocycles. The van der Waals surface area contributed by atoms with Gasteiger partial charge in [0.15, 0.2) is 5.65 Å². The zero-order valence-corrected chi connectivity index (χ0v) is 13.0. The smallest absolute Gasteiger partial charge is 0.156 e. The molecule has 1 saturated heterocycles. The summed E-state index contributed by atoms with van der Waals surface area (Å²) in [5.41, 5.74) is 5.68. The monoisotopic (exact) mass is 296 g/mol. The predicted molar refractivity (Wildman–Crippen MR) is 84.2 cm³/mol. The molecule has 1 aliphatic rings. The quantitative estimate of drug-likeness (QED) is 0.806. The average molecular weight is 296 g/mol. The van der Waals surface area contributed by atoms with Crippen LogP contribution < -0.4 is 0 Å². The number of hydrogen-bond donors (Lipinski definition) is 1. The first-order valence-corrected chi connectivity index (χ1v) is 7.73. The van der Waals surface area contributed by atoms with Crippen molar-refractivity contribution in [2.45, 2.75) is 32.4 Å². The van der Waals surface area contributed by atoms with E-state index in [2.05, 4.69) is 31.9 Å². The van der Waals surface area contributed by atoms with Crippen molar-refractivity contribution in [2.75, 3.05) is 6.54 Å². The van der Waals surface area contributed by atoms with Gasteiger partial charge in [-0.3, -0.25) is 14.6 Å². The van der Waals surface area contributed by atoms with Gasteiger partial charge >= 0.3 is 0 Å². The number of H-pyrrole nitrogens is 1. The molecule has 4 heterocycles. The Hall–Kier alpha value is -2.21. The van der Waals surface area contributed by atoms with E-state index >= 15 is 0 Å². The third-order valence-electron chi connectivity index (χ3n) is 4.75. The first kappa shape index (κ1) is 13.5. The largest absolute Gasteiger partial charge is 0.344 e. The molecule has 22 heavy (non-hydrogen) atoms. The number of aromatic nitrogens is 5. The summed E-state index contributed by atoms with van der Waals surface area (Å²) in [7, 11) is 2.01. The van der Waals surface area contributed by atoms with Gasteiger partial charge in [0.1, 0.15) is 5.52 Å². The maximum absolute atomic E-state index is 4.47. The van der Waals surface area contributed by atoms with E-state index in [0.717, 1.165) is 24.3 Å². The van der Waals surface area contributed by atoms with Crippen LogP contribution in [-0.2, 0) is 13.6 Å². The minimum absolute atomic E-state index is 0.454. The number of nitrogens with zero attached hydrogens (tertiary/aromatic N) is 5. The van der Waals surface area contributed by atoms with Crippen LogP contribution in [0.1, 0.15) is 35.7 Å². The highest BCUT2D eigenvalue weighted by atomic mass is 15.3. The normalized spacial score (nSPS) is 19.3. The molecule has 0 spiro atoms. The summed E-state index contributed by atoms with van der Waals surface area (Å²) < 4.78 is 1.96. The summed E-state index contributed by atoms with van der Waals surface area (Å²) in [6.07, 6.45) is 9.96. The van der Waals surface area contributed by atoms with E-state index in [-0.39, 0.29) is 0 Å². The SMILES string of the molecule is Cc1c(C2CCCN2Cc2c[nH]c3nccnc23)cnn1C. The van der Waals surface area contributed by atoms with E-state index in [4.69, 9.17) is 0 Å². The molecule has 1 unspecified atom stereocenters. The summed E-state index contributed by atoms with van der Waals surface area (Å²) >= 11 is 0. The zero-order chi connectivity index (χ0) is 15.1. The van der Waals surface area contributed by atoms with Gasteiger partial charge in [0.25, 0.3) is 0 Å². The fraction of sp³-hybridized carbons (Fsp3) is 0.438. The molecule has 0 radical (unpaired) electrons. The highest BCUT2D eigenvalue weighted by Crippen LogP contribution is 2.35. The van der Waals surface area contributed by atoms with E-state index in [0.29, 0.717) is 6.04 Å². The minimum Gasteiger partial charge on any atom is -0.344 e. The van der Waals surface area contributed by atoms with Gasteiger partial charge in [0.05, 0.1) is 6.20 Å². The Balaban J connectivity index is 1.63. The van der Waals surface area contributed by atoms with Gasteiger partial charge < -0.3 is 4.98 Å². The molecule has 114 valence electrons. The first-order valence-electron chi connectivity index (χ1n) is 7.73. The molecule has 1 N–H and O–H groups in total. The second-order valence-corrected chi connectivity index (χ2v) is 6.00. The number of aromatic amines is 1. The molecule has 0 aliphatic carbocycles. The van der Waals surface area contributed by atoms with Gasteiger partial charge in [0, 0.05) is 55.0 Å². The van der Waals surface area contributed by atoms with Crippen molar-refractivity contribution in [1.82, 2.24) is 29.6 Å². The predicted octanol–water partition coefficient (Wildman–Crippen LogP) is 2.34. The summed E-state index contributed by atoms with van der Waals surface area (Å²) in [4.78, 5) is 14.5. The second-order valence-electron chi connectivity index (χ2n) is 6.00. The fourth-order valence-corrected chi connectivity index (χ4v) is 3.45. The molecule has 0 aromatic carbocycles. The van der Waals surface area contributed by atoms with Crippen LogP contribution in [0.3, 0.4) is 0 Å². The van der Waals surface area contributed by atoms with Crippen LogP contribution in [0.25, 0.3) is 11.2 Å². The van der Waals surface area contributed by atoms with E-state index in [1.807, 2.05) is 24.1 Å². The van der Waals surface area contributed by atoms with Crippen LogP contribution in [0.15, 0.2) is 24.8 Å². The Bertz CT molecular complexity index is 802. The lowest BCUT2D eigenvalue weighted by Gasteiger charge is -2.24. The number of fused-ring (bicyclic) bond motifs is 1. The lowest BCUT2D eigenvalue weighted by molar-refractivity contribution is 0.248. The van der Waals surface area contributed by atoms with E-state index < -0.39 is 0 Å². The molecule has 1 atom stereocenters. The van der Waals surface area contributed by atoms with Crippen LogP contribution in [0, 0.1) is 6.92 Å². The Kier molecular flexibility index (Phi) is 3.18. The van der Waals surface area contributed by atoms with Crippen molar-refractivity contribution < 1.29 is 0 Å². The lowest BCUT2D eigenvalue weighted by atomic mass is 10.1. The van der Waals surface area contributed by atoms with Gasteiger partial charge in [-0.05, 0) is 26.3 Å². The van der Waals surface area contributed by atoms with E-state index in [9.17, 15) is 0 Å². The van der Waals surface area contributed by atoms with Crippen LogP contribution >= 0.6 is 0 Å². The summed E-state index contributed by atoms with van der Waals surface area (Å²) in [5, 5.41) is 4.40. The Morgan fingerprint density at radius 1 is 1.32 bits per heavy atom. The van der Waals surface area contributed by atoms with Crippen LogP contribution in [-0.4, -0.2) is 36.2 Å². The summed E-state index contributed by atoms with van der Waals surface area (Å²) in [6, 6.07) is 0.454. The number of rotatable bonds is 3. The molecular weight excluding hydrogens is 276 g/mol. The van der Waals surface area contributed by atoms with E-state index in [1.165, 1.54) is 29.7 Å². The van der Waals surface area contributed by atoms with Crippen LogP contribution in [0.2, 0.25) is 0 Å². The maximum atomic E-state index is 4.47. The van der Waals surface area contributed by atoms with Gasteiger partial charge in [0.2, 0.25) is 0 Å². The van der Waals surface area contributed by atoms with Crippen molar-refractivity contribution in [1.29, 1.82) is 0 Å². The van der Waals surface area contributed by atoms with Crippen molar-refractivity contribution >= 4 is 11.2 Å². The molecule has 1 fully saturated rings. The standard InChI is InChI=1S/C16H20N6/c1-11-13(9-20-21(11)2)14-4-3-7-22(14)10-12-8-19-16-15(12)17-5-6-18-16/h5-6,8-9,14H,3-4,7,10H2,1-2H3,(H,18,19). The molecule has 4 rings (SSSR count). The summed E-state index contributed by atoms with van der Waals surface area (Å²) in [6.45, 7) is 4.17. The Labute approximate surface area is 129 Å². The average Bonchev–Trinajstić information content (AvgIpc) is 3.22. The highest BCUT2D eigenvalue weighted by Gasteiger charge is 2.29. The molecule has 0 bridgehead atoms. The third-order valence-corrected chi connectivity index (χ3v) is 4.75. The van der Waals surface area contributed by atoms with E-state index in [1.54, 1.807) is 12.4 Å². The number of aryl methyl sites for hydroxylation is 1. The van der Waals surface area contributed by atoms with Gasteiger partial charge in [-0.1, -0.05) is 0 Å². The van der Waals surface area contributed by atoms with Crippen molar-refractivity contribution in [3.63, 3.8) is 0 Å². The molecule has 0 amide bonds. The van der Waals surface area contributed by atoms with Gasteiger partial charge in [-0.25, -0.2) is 4.98 Å². The minimum atomic E-state index is 0.454. The number of nitrogens with one attached hydrogen (secondary N) is 1. The molecule has 6 heteroatoms. The maximum Gasteiger partial charge on any atom is 0.156 e. The van der Waals surface area contributed by atoms with Crippen LogP contribution in [0.4, 0.5) is 0 Å². The zero-order valence-electron chi connectivity index (χ0n) is 13.0. The highest BCUT2D eigenvalue weighted by molar-refractivity contribution is 5.74. The lowest BCUT2D eigenvalue weighted by Crippen LogP contribution is -2.23. The Morgan fingerprint density at radius 2 is 2.18 bits per heavy atom. The topological polar surface area (TPSA) is 62.6 Å². The molecule has 1 aliphatic heterocycles. The van der Waals surface area contributed by atoms with Crippen molar-refractivity contribution in [3.05, 3.63) is 41.6 Å². The molecular formula is C16H20N6. The molecule has 3 aromatic heterocycles. The van der Waals surface area contributed by atoms with Gasteiger partial charge in [-0.15, -0.1) is 0 Å². The van der Waals surface area contributed by atoms with Crippen molar-refractivity contribution in [3.8, 4) is 0 Å². The Morgan fingerprint density at radius 3 is 3.00 bits per heavy atom. The second kappa shape index (κ2) is 5.21. The molecule has 6 nitrogen and oxygen atoms in total. The number of likely N-dealkylation sites (tertiary alicyclic amines) is 1.